The van der Waals surface area contributed by atoms with E-state index in [0.29, 0.717) is 63.8 Å². The van der Waals surface area contributed by atoms with Crippen LogP contribution in [-0.4, -0.2) is 75.0 Å². The molecule has 0 bridgehead atoms. The highest BCUT2D eigenvalue weighted by molar-refractivity contribution is 6.72. The Labute approximate surface area is 367 Å². The van der Waals surface area contributed by atoms with Crippen molar-refractivity contribution in [2.24, 2.45) is 5.92 Å². The van der Waals surface area contributed by atoms with Crippen molar-refractivity contribution in [1.82, 2.24) is 4.90 Å². The van der Waals surface area contributed by atoms with Crippen molar-refractivity contribution in [3.8, 4) is 11.5 Å². The van der Waals surface area contributed by atoms with Crippen LogP contribution < -0.4 is 25.0 Å². The molecule has 3 aliphatic rings. The molecule has 1 spiro atoms. The van der Waals surface area contributed by atoms with Crippen LogP contribution in [0.3, 0.4) is 0 Å². The molecule has 1 saturated heterocycles. The van der Waals surface area contributed by atoms with Crippen molar-refractivity contribution in [3.05, 3.63) is 149 Å². The minimum absolute atomic E-state index is 0.0730. The van der Waals surface area contributed by atoms with Gasteiger partial charge in [0.25, 0.3) is 17.7 Å². The molecule has 8 rings (SSSR count). The van der Waals surface area contributed by atoms with Crippen LogP contribution in [-0.2, 0) is 39.4 Å². The maximum atomic E-state index is 16.9. The summed E-state index contributed by atoms with van der Waals surface area (Å²) in [4.78, 5) is 59.7. The fraction of sp³-hybridized carbons (Fsp3) is 0.306. The van der Waals surface area contributed by atoms with Gasteiger partial charge >= 0.3 is 0 Å². The number of hydrogen-bond acceptors (Lipinski definition) is 8. The van der Waals surface area contributed by atoms with Crippen LogP contribution in [0.15, 0.2) is 115 Å². The second-order valence-corrected chi connectivity index (χ2v) is 20.8. The molecule has 0 radical (unpaired) electrons. The van der Waals surface area contributed by atoms with E-state index in [2.05, 4.69) is 10.6 Å². The first kappa shape index (κ1) is 43.3. The molecule has 3 heterocycles. The fourth-order valence-electron chi connectivity index (χ4n) is 9.64. The van der Waals surface area contributed by atoms with Gasteiger partial charge in [-0.3, -0.25) is 19.2 Å². The highest BCUT2D eigenvalue weighted by Crippen LogP contribution is 2.60. The van der Waals surface area contributed by atoms with Crippen molar-refractivity contribution >= 4 is 49.1 Å². The molecule has 0 unspecified atom stereocenters. The third-order valence-corrected chi connectivity index (χ3v) is 15.2. The Hall–Kier alpha value is -6.35. The molecule has 3 aliphatic heterocycles. The van der Waals surface area contributed by atoms with Crippen molar-refractivity contribution in [2.45, 2.75) is 69.2 Å². The topological polar surface area (TPSA) is 147 Å². The standard InChI is InChI=1S/C49H51FN4O8Si/c1-30-45(63(4,5)50)43(26-44(56)53-28-35-11-7-6-10-34(35)24-38(53)29-55)62-49(30)41-25-37(52-47(58)33-15-20-40(61-3)21-16-33)17-22-42(41)54(48(49)59)27-31-9-8-12-36(23-31)51-46(57)32-13-18-39(60-2)19-14-32/h6-23,25,30,38,43,45,55H,24,26-29H2,1-5H3,(H,51,57)(H,52,58)/t30-,38+,43+,45-,49+/m1/s1. The summed E-state index contributed by atoms with van der Waals surface area (Å²) in [5.41, 5.74) is 2.95. The van der Waals surface area contributed by atoms with Gasteiger partial charge in [-0.25, -0.2) is 0 Å². The number of halogens is 1. The first-order valence-electron chi connectivity index (χ1n) is 21.0. The first-order valence-corrected chi connectivity index (χ1v) is 24.0. The monoisotopic (exact) mass is 870 g/mol. The lowest BCUT2D eigenvalue weighted by Gasteiger charge is -2.37. The minimum Gasteiger partial charge on any atom is -0.497 e. The lowest BCUT2D eigenvalue weighted by atomic mass is 9.82. The third-order valence-electron chi connectivity index (χ3n) is 12.7. The van der Waals surface area contributed by atoms with Crippen LogP contribution in [0.25, 0.3) is 0 Å². The van der Waals surface area contributed by atoms with Gasteiger partial charge in [-0.05, 0) is 115 Å². The third kappa shape index (κ3) is 8.33. The molecule has 3 N–H and O–H groups in total. The smallest absolute Gasteiger partial charge is 0.264 e. The summed E-state index contributed by atoms with van der Waals surface area (Å²) < 4.78 is 34.3. The number of rotatable bonds is 12. The van der Waals surface area contributed by atoms with Gasteiger partial charge in [-0.2, -0.15) is 0 Å². The van der Waals surface area contributed by atoms with Crippen molar-refractivity contribution in [2.75, 3.05) is 36.4 Å². The van der Waals surface area contributed by atoms with E-state index in [4.69, 9.17) is 14.2 Å². The average molecular weight is 871 g/mol. The first-order chi connectivity index (χ1) is 30.2. The molecule has 5 aromatic rings. The molecule has 4 amide bonds. The second kappa shape index (κ2) is 17.4. The fourth-order valence-corrected chi connectivity index (χ4v) is 12.1. The zero-order valence-electron chi connectivity index (χ0n) is 35.9. The molecule has 0 aromatic heterocycles. The molecular weight excluding hydrogens is 820 g/mol. The lowest BCUT2D eigenvalue weighted by molar-refractivity contribution is -0.151. The van der Waals surface area contributed by atoms with Crippen LogP contribution in [0.4, 0.5) is 21.2 Å². The molecule has 5 aromatic carbocycles. The maximum Gasteiger partial charge on any atom is 0.264 e. The van der Waals surface area contributed by atoms with Gasteiger partial charge < -0.3 is 43.9 Å². The highest BCUT2D eigenvalue weighted by Gasteiger charge is 2.67. The zero-order chi connectivity index (χ0) is 44.6. The SMILES string of the molecule is COc1ccc(C(=O)Nc2cccc(CN3C(=O)[C@@]4(O[C@@H](CC(=O)N5Cc6ccccc6C[C@H]5CO)[C@H]([Si](C)(C)F)[C@H]4C)c4cc(NC(=O)c5ccc(OC)cc5)ccc43)c2)cc1. The van der Waals surface area contributed by atoms with Crippen molar-refractivity contribution in [1.29, 1.82) is 0 Å². The number of carbonyl (C=O) groups is 4. The molecule has 326 valence electrons. The summed E-state index contributed by atoms with van der Waals surface area (Å²) >= 11 is 0. The van der Waals surface area contributed by atoms with Gasteiger partial charge in [-0.1, -0.05) is 43.3 Å². The van der Waals surface area contributed by atoms with Crippen LogP contribution in [0, 0.1) is 5.92 Å². The number of fused-ring (bicyclic) bond motifs is 3. The number of carbonyl (C=O) groups excluding carboxylic acids is 4. The Morgan fingerprint density at radius 1 is 0.825 bits per heavy atom. The van der Waals surface area contributed by atoms with Crippen LogP contribution >= 0.6 is 0 Å². The number of nitrogens with one attached hydrogen (secondary N) is 2. The number of aliphatic hydroxyl groups excluding tert-OH is 1. The Bertz CT molecular complexity index is 2550. The molecule has 0 aliphatic carbocycles. The van der Waals surface area contributed by atoms with E-state index in [-0.39, 0.29) is 37.3 Å². The van der Waals surface area contributed by atoms with E-state index in [1.807, 2.05) is 37.3 Å². The molecule has 0 saturated carbocycles. The van der Waals surface area contributed by atoms with E-state index in [0.717, 1.165) is 11.1 Å². The Morgan fingerprint density at radius 2 is 1.43 bits per heavy atom. The van der Waals surface area contributed by atoms with E-state index < -0.39 is 43.5 Å². The summed E-state index contributed by atoms with van der Waals surface area (Å²) in [7, 11) is -0.587. The average Bonchev–Trinajstić information content (AvgIpc) is 3.71. The minimum atomic E-state index is -3.68. The van der Waals surface area contributed by atoms with Crippen LogP contribution in [0.2, 0.25) is 18.6 Å². The van der Waals surface area contributed by atoms with Gasteiger partial charge in [0.15, 0.2) is 5.60 Å². The number of hydrogen-bond donors (Lipinski definition) is 3. The van der Waals surface area contributed by atoms with E-state index >= 15 is 8.90 Å². The number of methoxy groups -OCH3 is 2. The maximum absolute atomic E-state index is 16.9. The number of nitrogens with zero attached hydrogens (tertiary/aromatic N) is 2. The normalized spacial score (nSPS) is 21.5. The Kier molecular flexibility index (Phi) is 12.0. The Morgan fingerprint density at radius 3 is 2.02 bits per heavy atom. The molecule has 5 atom stereocenters. The van der Waals surface area contributed by atoms with Gasteiger partial charge in [0, 0.05) is 46.1 Å². The summed E-state index contributed by atoms with van der Waals surface area (Å²) in [6, 6.07) is 33.1. The van der Waals surface area contributed by atoms with Gasteiger partial charge in [-0.15, -0.1) is 0 Å². The summed E-state index contributed by atoms with van der Waals surface area (Å²) in [5, 5.41) is 16.3. The van der Waals surface area contributed by atoms with Crippen LogP contribution in [0.5, 0.6) is 11.5 Å². The quantitative estimate of drug-likeness (QED) is 0.0849. The van der Waals surface area contributed by atoms with Gasteiger partial charge in [0.05, 0.1) is 51.6 Å². The number of amides is 4. The van der Waals surface area contributed by atoms with E-state index in [9.17, 15) is 19.5 Å². The molecule has 12 nitrogen and oxygen atoms in total. The van der Waals surface area contributed by atoms with E-state index in [1.54, 1.807) is 122 Å². The van der Waals surface area contributed by atoms with Gasteiger partial charge in [0.2, 0.25) is 14.3 Å². The number of ether oxygens (including phenoxy) is 3. The van der Waals surface area contributed by atoms with Crippen LogP contribution in [0.1, 0.15) is 56.3 Å². The molecule has 63 heavy (non-hydrogen) atoms. The van der Waals surface area contributed by atoms with Crippen molar-refractivity contribution < 1.29 is 42.6 Å². The van der Waals surface area contributed by atoms with Gasteiger partial charge in [0.1, 0.15) is 11.5 Å². The number of benzene rings is 5. The summed E-state index contributed by atoms with van der Waals surface area (Å²) in [5.74, 6) is -0.927. The predicted molar refractivity (Wildman–Crippen MR) is 240 cm³/mol. The number of aliphatic hydroxyl groups is 1. The Balaban J connectivity index is 1.13. The lowest BCUT2D eigenvalue weighted by Crippen LogP contribution is -2.48. The molecule has 1 fully saturated rings. The van der Waals surface area contributed by atoms with E-state index in [1.165, 1.54) is 0 Å². The molecular formula is C49H51FN4O8Si. The summed E-state index contributed by atoms with van der Waals surface area (Å²) in [6.07, 6.45) is -0.682. The highest BCUT2D eigenvalue weighted by atomic mass is 28.4. The zero-order valence-corrected chi connectivity index (χ0v) is 36.9. The largest absolute Gasteiger partial charge is 0.497 e. The summed E-state index contributed by atoms with van der Waals surface area (Å²) in [6.45, 7) is 5.11. The number of anilines is 3. The predicted octanol–water partition coefficient (Wildman–Crippen LogP) is 7.87. The second-order valence-electron chi connectivity index (χ2n) is 17.0. The van der Waals surface area contributed by atoms with Crippen molar-refractivity contribution in [3.63, 3.8) is 0 Å². The molecule has 14 heteroatoms.